The third-order valence-electron chi connectivity index (χ3n) is 4.85. The van der Waals surface area contributed by atoms with Crippen LogP contribution in [0, 0.1) is 17.5 Å². The van der Waals surface area contributed by atoms with E-state index in [0.717, 1.165) is 40.0 Å². The van der Waals surface area contributed by atoms with E-state index >= 15 is 0 Å². The number of nitrogens with one attached hydrogen (secondary N) is 1. The van der Waals surface area contributed by atoms with E-state index in [2.05, 4.69) is 38.9 Å². The molecule has 5 nitrogen and oxygen atoms in total. The number of hydrogen-bond acceptors (Lipinski definition) is 3. The third kappa shape index (κ3) is 3.29. The minimum Gasteiger partial charge on any atom is -0.340 e. The van der Waals surface area contributed by atoms with Crippen LogP contribution in [0.15, 0.2) is 53.6 Å². The second-order valence-electron chi connectivity index (χ2n) is 6.59. The largest absolute Gasteiger partial charge is 0.340 e. The Morgan fingerprint density at radius 1 is 1.21 bits per heavy atom. The summed E-state index contributed by atoms with van der Waals surface area (Å²) in [5.41, 5.74) is 4.06. The molecular formula is C21H20FN5S. The van der Waals surface area contributed by atoms with Gasteiger partial charge in [-0.25, -0.2) is 4.39 Å². The monoisotopic (exact) mass is 393 g/mol. The van der Waals surface area contributed by atoms with Crippen LogP contribution in [0.25, 0.3) is 10.9 Å². The molecule has 0 saturated carbocycles. The predicted octanol–water partition coefficient (Wildman–Crippen LogP) is 4.84. The van der Waals surface area contributed by atoms with Gasteiger partial charge in [-0.15, -0.1) is 0 Å². The number of H-pyrrole nitrogens is 1. The van der Waals surface area contributed by atoms with Crippen molar-refractivity contribution in [2.24, 2.45) is 5.10 Å². The SMILES string of the molecule is CCc1n[nH]c(=S)n1/N=C\c1c(C)n(Cc2cccc(F)c2)c2ccccc12. The van der Waals surface area contributed by atoms with Crippen molar-refractivity contribution in [2.45, 2.75) is 26.8 Å². The molecule has 142 valence electrons. The lowest BCUT2D eigenvalue weighted by atomic mass is 10.1. The van der Waals surface area contributed by atoms with Crippen molar-refractivity contribution in [1.29, 1.82) is 0 Å². The van der Waals surface area contributed by atoms with E-state index in [-0.39, 0.29) is 5.82 Å². The number of nitrogens with zero attached hydrogens (tertiary/aromatic N) is 4. The second-order valence-corrected chi connectivity index (χ2v) is 6.97. The Morgan fingerprint density at radius 2 is 2.04 bits per heavy atom. The van der Waals surface area contributed by atoms with Crippen LogP contribution in [0.3, 0.4) is 0 Å². The molecule has 2 aromatic heterocycles. The zero-order valence-corrected chi connectivity index (χ0v) is 16.5. The van der Waals surface area contributed by atoms with Gasteiger partial charge in [0.15, 0.2) is 5.82 Å². The predicted molar refractivity (Wildman–Crippen MR) is 112 cm³/mol. The van der Waals surface area contributed by atoms with Gasteiger partial charge in [-0.3, -0.25) is 5.10 Å². The highest BCUT2D eigenvalue weighted by atomic mass is 32.1. The van der Waals surface area contributed by atoms with Crippen molar-refractivity contribution in [3.8, 4) is 0 Å². The molecule has 28 heavy (non-hydrogen) atoms. The molecule has 0 saturated heterocycles. The number of aryl methyl sites for hydroxylation is 1. The first kappa shape index (κ1) is 18.3. The Kier molecular flexibility index (Phi) is 4.92. The van der Waals surface area contributed by atoms with Gasteiger partial charge in [0, 0.05) is 35.1 Å². The summed E-state index contributed by atoms with van der Waals surface area (Å²) in [4.78, 5) is 0. The molecule has 0 radical (unpaired) electrons. The highest BCUT2D eigenvalue weighted by Crippen LogP contribution is 2.26. The highest BCUT2D eigenvalue weighted by Gasteiger charge is 2.13. The third-order valence-corrected chi connectivity index (χ3v) is 5.11. The first-order chi connectivity index (χ1) is 13.6. The van der Waals surface area contributed by atoms with Crippen LogP contribution in [0.5, 0.6) is 0 Å². The zero-order valence-electron chi connectivity index (χ0n) is 15.7. The minimum atomic E-state index is -0.227. The smallest absolute Gasteiger partial charge is 0.216 e. The standard InChI is InChI=1S/C21H20FN5S/c1-3-20-24-25-21(28)27(20)23-12-18-14(2)26(19-10-5-4-9-17(18)19)13-15-7-6-8-16(22)11-15/h4-12H,3,13H2,1-2H3,(H,25,28)/b23-12-. The summed E-state index contributed by atoms with van der Waals surface area (Å²) in [7, 11) is 0. The van der Waals surface area contributed by atoms with Gasteiger partial charge >= 0.3 is 0 Å². The number of para-hydroxylation sites is 1. The van der Waals surface area contributed by atoms with E-state index < -0.39 is 0 Å². The normalized spacial score (nSPS) is 11.7. The molecule has 4 aromatic rings. The molecule has 0 unspecified atom stereocenters. The zero-order chi connectivity index (χ0) is 19.7. The maximum atomic E-state index is 13.6. The number of aromatic nitrogens is 4. The van der Waals surface area contributed by atoms with Crippen molar-refractivity contribution in [3.05, 3.63) is 81.8 Å². The van der Waals surface area contributed by atoms with Gasteiger partial charge in [0.1, 0.15) is 5.82 Å². The van der Waals surface area contributed by atoms with E-state index in [1.54, 1.807) is 16.8 Å². The molecule has 0 amide bonds. The molecule has 2 heterocycles. The van der Waals surface area contributed by atoms with E-state index in [1.165, 1.54) is 6.07 Å². The van der Waals surface area contributed by atoms with Gasteiger partial charge < -0.3 is 4.57 Å². The summed E-state index contributed by atoms with van der Waals surface area (Å²) < 4.78 is 17.9. The topological polar surface area (TPSA) is 50.9 Å². The maximum Gasteiger partial charge on any atom is 0.216 e. The van der Waals surface area contributed by atoms with Crippen LogP contribution >= 0.6 is 12.2 Å². The Labute approximate surface area is 167 Å². The molecule has 2 aromatic carbocycles. The maximum absolute atomic E-state index is 13.6. The lowest BCUT2D eigenvalue weighted by Gasteiger charge is -2.09. The van der Waals surface area contributed by atoms with Crippen molar-refractivity contribution >= 4 is 29.3 Å². The van der Waals surface area contributed by atoms with E-state index in [0.29, 0.717) is 11.3 Å². The number of fused-ring (bicyclic) bond motifs is 1. The number of halogens is 1. The summed E-state index contributed by atoms with van der Waals surface area (Å²) in [6.07, 6.45) is 2.55. The van der Waals surface area contributed by atoms with E-state index in [9.17, 15) is 4.39 Å². The summed E-state index contributed by atoms with van der Waals surface area (Å²) in [5.74, 6) is 0.553. The van der Waals surface area contributed by atoms with Crippen LogP contribution < -0.4 is 0 Å². The minimum absolute atomic E-state index is 0.227. The van der Waals surface area contributed by atoms with Gasteiger partial charge in [0.2, 0.25) is 4.77 Å². The van der Waals surface area contributed by atoms with Gasteiger partial charge in [-0.05, 0) is 42.9 Å². The van der Waals surface area contributed by atoms with Crippen molar-refractivity contribution in [3.63, 3.8) is 0 Å². The molecule has 4 rings (SSSR count). The van der Waals surface area contributed by atoms with E-state index in [4.69, 9.17) is 12.2 Å². The average molecular weight is 393 g/mol. The number of rotatable bonds is 5. The number of aromatic amines is 1. The van der Waals surface area contributed by atoms with Gasteiger partial charge in [0.25, 0.3) is 0 Å². The van der Waals surface area contributed by atoms with Crippen LogP contribution in [-0.2, 0) is 13.0 Å². The average Bonchev–Trinajstić information content (AvgIpc) is 3.18. The Hall–Kier alpha value is -3.06. The molecule has 0 fully saturated rings. The summed E-state index contributed by atoms with van der Waals surface area (Å²) in [6, 6.07) is 14.9. The van der Waals surface area contributed by atoms with Crippen LogP contribution in [-0.4, -0.2) is 25.7 Å². The van der Waals surface area contributed by atoms with E-state index in [1.807, 2.05) is 31.3 Å². The molecule has 0 atom stereocenters. The van der Waals surface area contributed by atoms with Crippen LogP contribution in [0.1, 0.15) is 29.6 Å². The number of benzene rings is 2. The van der Waals surface area contributed by atoms with Crippen LogP contribution in [0.2, 0.25) is 0 Å². The van der Waals surface area contributed by atoms with Crippen molar-refractivity contribution in [2.75, 3.05) is 0 Å². The highest BCUT2D eigenvalue weighted by molar-refractivity contribution is 7.71. The van der Waals surface area contributed by atoms with Gasteiger partial charge in [-0.2, -0.15) is 14.9 Å². The quantitative estimate of drug-likeness (QED) is 0.390. The van der Waals surface area contributed by atoms with Gasteiger partial charge in [0.05, 0.1) is 6.21 Å². The lowest BCUT2D eigenvalue weighted by Crippen LogP contribution is -2.03. The summed E-state index contributed by atoms with van der Waals surface area (Å²) in [6.45, 7) is 4.65. The molecular weight excluding hydrogens is 373 g/mol. The Bertz CT molecular complexity index is 1230. The molecule has 1 N–H and O–H groups in total. The Balaban J connectivity index is 1.81. The van der Waals surface area contributed by atoms with Crippen molar-refractivity contribution < 1.29 is 4.39 Å². The first-order valence-corrected chi connectivity index (χ1v) is 9.52. The van der Waals surface area contributed by atoms with Crippen LogP contribution in [0.4, 0.5) is 4.39 Å². The molecule has 7 heteroatoms. The summed E-state index contributed by atoms with van der Waals surface area (Å²) >= 11 is 5.28. The van der Waals surface area contributed by atoms with Gasteiger partial charge in [-0.1, -0.05) is 37.3 Å². The molecule has 0 spiro atoms. The van der Waals surface area contributed by atoms with Crippen molar-refractivity contribution in [1.82, 2.24) is 19.4 Å². The fraction of sp³-hybridized carbons (Fsp3) is 0.190. The molecule has 0 bridgehead atoms. The first-order valence-electron chi connectivity index (χ1n) is 9.11. The molecule has 0 aliphatic heterocycles. The molecule has 0 aliphatic rings. The Morgan fingerprint density at radius 3 is 2.82 bits per heavy atom. The second kappa shape index (κ2) is 7.52. The molecule has 0 aliphatic carbocycles. The fourth-order valence-electron chi connectivity index (χ4n) is 3.43. The number of hydrogen-bond donors (Lipinski definition) is 1. The summed E-state index contributed by atoms with van der Waals surface area (Å²) in [5, 5.41) is 12.6. The lowest BCUT2D eigenvalue weighted by molar-refractivity contribution is 0.623. The fourth-order valence-corrected chi connectivity index (χ4v) is 3.63.